The minimum Gasteiger partial charge on any atom is -0.316 e. The van der Waals surface area contributed by atoms with Crippen LogP contribution in [0.25, 0.3) is 11.2 Å². The number of aryl methyl sites for hydroxylation is 2. The van der Waals surface area contributed by atoms with Crippen molar-refractivity contribution >= 4 is 22.8 Å². The summed E-state index contributed by atoms with van der Waals surface area (Å²) in [7, 11) is 0. The van der Waals surface area contributed by atoms with Crippen LogP contribution in [0.2, 0.25) is 0 Å². The molecule has 0 aliphatic heterocycles. The first kappa shape index (κ1) is 13.1. The van der Waals surface area contributed by atoms with Crippen LogP contribution in [0.4, 0.5) is 0 Å². The quantitative estimate of drug-likeness (QED) is 0.691. The maximum atomic E-state index is 6.00. The van der Waals surface area contributed by atoms with Gasteiger partial charge in [0.1, 0.15) is 17.7 Å². The molecule has 3 rings (SSSR count). The fraction of sp³-hybridized carbons (Fsp3) is 0.385. The Kier molecular flexibility index (Phi) is 3.40. The number of pyridine rings is 1. The highest BCUT2D eigenvalue weighted by Crippen LogP contribution is 2.18. The predicted octanol–water partition coefficient (Wildman–Crippen LogP) is 2.14. The molecule has 3 heterocycles. The van der Waals surface area contributed by atoms with Crippen LogP contribution in [0.3, 0.4) is 0 Å². The normalized spacial score (nSPS) is 11.3. The average molecular weight is 291 g/mol. The van der Waals surface area contributed by atoms with Gasteiger partial charge in [-0.15, -0.1) is 21.8 Å². The van der Waals surface area contributed by atoms with Gasteiger partial charge in [-0.05, 0) is 25.5 Å². The minimum absolute atomic E-state index is 0.343. The molecule has 20 heavy (non-hydrogen) atoms. The van der Waals surface area contributed by atoms with Crippen molar-refractivity contribution < 1.29 is 0 Å². The predicted molar refractivity (Wildman–Crippen MR) is 76.6 cm³/mol. The number of imidazole rings is 1. The van der Waals surface area contributed by atoms with E-state index in [0.717, 1.165) is 34.9 Å². The molecule has 0 spiro atoms. The van der Waals surface area contributed by atoms with E-state index in [1.165, 1.54) is 0 Å². The Morgan fingerprint density at radius 2 is 2.15 bits per heavy atom. The lowest BCUT2D eigenvalue weighted by atomic mass is 10.3. The Morgan fingerprint density at radius 1 is 1.30 bits per heavy atom. The first-order valence-corrected chi connectivity index (χ1v) is 7.00. The van der Waals surface area contributed by atoms with Gasteiger partial charge in [0, 0.05) is 12.7 Å². The Morgan fingerprint density at radius 3 is 2.90 bits per heavy atom. The van der Waals surface area contributed by atoms with Crippen LogP contribution in [-0.4, -0.2) is 29.3 Å². The molecule has 0 N–H and O–H groups in total. The van der Waals surface area contributed by atoms with Crippen molar-refractivity contribution in [1.29, 1.82) is 0 Å². The number of fused-ring (bicyclic) bond motifs is 1. The third-order valence-electron chi connectivity index (χ3n) is 3.26. The van der Waals surface area contributed by atoms with E-state index in [1.807, 2.05) is 28.3 Å². The maximum Gasteiger partial charge on any atom is 0.160 e. The number of hydrogen-bond donors (Lipinski definition) is 0. The van der Waals surface area contributed by atoms with Crippen LogP contribution in [0.15, 0.2) is 18.6 Å². The number of alkyl halides is 1. The molecule has 6 nitrogen and oxygen atoms in total. The van der Waals surface area contributed by atoms with Crippen molar-refractivity contribution in [2.45, 2.75) is 32.8 Å². The second kappa shape index (κ2) is 5.20. The minimum atomic E-state index is 0.343. The summed E-state index contributed by atoms with van der Waals surface area (Å²) in [5, 5.41) is 8.10. The molecule has 7 heteroatoms. The summed E-state index contributed by atoms with van der Waals surface area (Å²) >= 11 is 6.00. The highest BCUT2D eigenvalue weighted by atomic mass is 35.5. The molecule has 0 saturated heterocycles. The molecule has 0 radical (unpaired) electrons. The first-order chi connectivity index (χ1) is 9.72. The van der Waals surface area contributed by atoms with Gasteiger partial charge in [0.2, 0.25) is 0 Å². The molecule has 3 aromatic rings. The lowest BCUT2D eigenvalue weighted by Gasteiger charge is -2.07. The van der Waals surface area contributed by atoms with Crippen LogP contribution in [0, 0.1) is 6.92 Å². The Hall–Kier alpha value is -1.95. The number of hydrogen-bond acceptors (Lipinski definition) is 4. The molecular formula is C13H15ClN6. The van der Waals surface area contributed by atoms with Crippen molar-refractivity contribution in [1.82, 2.24) is 29.3 Å². The molecule has 0 unspecified atom stereocenters. The largest absolute Gasteiger partial charge is 0.316 e. The van der Waals surface area contributed by atoms with E-state index < -0.39 is 0 Å². The molecule has 0 aromatic carbocycles. The SMILES string of the molecule is CCn1cnnc1Cn1c(CCl)nc2cc(C)cnc21. The van der Waals surface area contributed by atoms with E-state index in [2.05, 4.69) is 27.1 Å². The molecule has 3 aromatic heterocycles. The summed E-state index contributed by atoms with van der Waals surface area (Å²) < 4.78 is 4.00. The van der Waals surface area contributed by atoms with Gasteiger partial charge in [0.25, 0.3) is 0 Å². The third kappa shape index (κ3) is 2.16. The van der Waals surface area contributed by atoms with Crippen molar-refractivity contribution in [2.24, 2.45) is 0 Å². The zero-order valence-corrected chi connectivity index (χ0v) is 12.2. The van der Waals surface area contributed by atoms with Crippen LogP contribution < -0.4 is 0 Å². The summed E-state index contributed by atoms with van der Waals surface area (Å²) in [4.78, 5) is 9.01. The smallest absolute Gasteiger partial charge is 0.160 e. The Bertz CT molecular complexity index is 744. The first-order valence-electron chi connectivity index (χ1n) is 6.47. The Balaban J connectivity index is 2.10. The van der Waals surface area contributed by atoms with E-state index in [0.29, 0.717) is 12.4 Å². The van der Waals surface area contributed by atoms with Gasteiger partial charge in [-0.1, -0.05) is 0 Å². The number of nitrogens with zero attached hydrogens (tertiary/aromatic N) is 6. The molecule has 0 fully saturated rings. The van der Waals surface area contributed by atoms with Gasteiger partial charge < -0.3 is 9.13 Å². The summed E-state index contributed by atoms with van der Waals surface area (Å²) in [6, 6.07) is 2.01. The summed E-state index contributed by atoms with van der Waals surface area (Å²) in [5.74, 6) is 2.02. The maximum absolute atomic E-state index is 6.00. The van der Waals surface area contributed by atoms with Crippen molar-refractivity contribution in [2.75, 3.05) is 0 Å². The summed E-state index contributed by atoms with van der Waals surface area (Å²) in [6.45, 7) is 5.46. The standard InChI is InChI=1S/C13H15ClN6/c1-3-19-8-16-18-12(19)7-20-11(5-14)17-10-4-9(2)6-15-13(10)20/h4,6,8H,3,5,7H2,1-2H3. The van der Waals surface area contributed by atoms with Crippen molar-refractivity contribution in [3.8, 4) is 0 Å². The van der Waals surface area contributed by atoms with Gasteiger partial charge >= 0.3 is 0 Å². The molecule has 0 saturated carbocycles. The number of halogens is 1. The average Bonchev–Trinajstić information content (AvgIpc) is 3.03. The van der Waals surface area contributed by atoms with Gasteiger partial charge in [-0.25, -0.2) is 9.97 Å². The second-order valence-corrected chi connectivity index (χ2v) is 4.90. The Labute approximate surface area is 121 Å². The van der Waals surface area contributed by atoms with Gasteiger partial charge in [-0.3, -0.25) is 0 Å². The zero-order chi connectivity index (χ0) is 14.1. The molecule has 0 amide bonds. The van der Waals surface area contributed by atoms with Crippen LogP contribution >= 0.6 is 11.6 Å². The van der Waals surface area contributed by atoms with Crippen molar-refractivity contribution in [3.63, 3.8) is 0 Å². The van der Waals surface area contributed by atoms with E-state index in [4.69, 9.17) is 11.6 Å². The molecule has 0 bridgehead atoms. The monoisotopic (exact) mass is 290 g/mol. The van der Waals surface area contributed by atoms with Gasteiger partial charge in [0.05, 0.1) is 12.4 Å². The van der Waals surface area contributed by atoms with Gasteiger partial charge in [0.15, 0.2) is 11.5 Å². The molecule has 0 aliphatic rings. The highest BCUT2D eigenvalue weighted by Gasteiger charge is 2.14. The van der Waals surface area contributed by atoms with Crippen molar-refractivity contribution in [3.05, 3.63) is 35.8 Å². The lowest BCUT2D eigenvalue weighted by Crippen LogP contribution is -2.10. The fourth-order valence-electron chi connectivity index (χ4n) is 2.23. The summed E-state index contributed by atoms with van der Waals surface area (Å²) in [5.41, 5.74) is 2.78. The van der Waals surface area contributed by atoms with Crippen LogP contribution in [-0.2, 0) is 19.0 Å². The van der Waals surface area contributed by atoms with E-state index in [-0.39, 0.29) is 0 Å². The number of rotatable bonds is 4. The molecule has 0 atom stereocenters. The van der Waals surface area contributed by atoms with Gasteiger partial charge in [-0.2, -0.15) is 0 Å². The second-order valence-electron chi connectivity index (χ2n) is 4.64. The van der Waals surface area contributed by atoms with E-state index in [9.17, 15) is 0 Å². The molecule has 0 aliphatic carbocycles. The number of aromatic nitrogens is 6. The molecular weight excluding hydrogens is 276 g/mol. The topological polar surface area (TPSA) is 61.4 Å². The lowest BCUT2D eigenvalue weighted by molar-refractivity contribution is 0.645. The molecule has 104 valence electrons. The highest BCUT2D eigenvalue weighted by molar-refractivity contribution is 6.16. The van der Waals surface area contributed by atoms with Crippen LogP contribution in [0.5, 0.6) is 0 Å². The van der Waals surface area contributed by atoms with E-state index >= 15 is 0 Å². The summed E-state index contributed by atoms with van der Waals surface area (Å²) in [6.07, 6.45) is 3.56. The third-order valence-corrected chi connectivity index (χ3v) is 3.50. The zero-order valence-electron chi connectivity index (χ0n) is 11.4. The van der Waals surface area contributed by atoms with Crippen LogP contribution in [0.1, 0.15) is 24.1 Å². The fourth-order valence-corrected chi connectivity index (χ4v) is 2.44. The van der Waals surface area contributed by atoms with E-state index in [1.54, 1.807) is 6.33 Å².